The minimum atomic E-state index is 1.01. The third-order valence-electron chi connectivity index (χ3n) is 2.49. The van der Waals surface area contributed by atoms with E-state index in [9.17, 15) is 0 Å². The highest BCUT2D eigenvalue weighted by Crippen LogP contribution is 1.97. The lowest BCUT2D eigenvalue weighted by atomic mass is 10.2. The highest BCUT2D eigenvalue weighted by atomic mass is 13.8. The number of hydrogen-bond acceptors (Lipinski definition) is 0. The van der Waals surface area contributed by atoms with E-state index in [1.54, 1.807) is 0 Å². The van der Waals surface area contributed by atoms with Gasteiger partial charge < -0.3 is 0 Å². The SMILES string of the molecule is CCCCCC#CC=CC=CC#CCCCCC. The maximum absolute atomic E-state index is 3.14. The molecule has 0 bridgehead atoms. The molecule has 0 aliphatic carbocycles. The molecule has 0 saturated carbocycles. The Hall–Kier alpha value is -1.40. The van der Waals surface area contributed by atoms with Crippen LogP contribution >= 0.6 is 0 Å². The summed E-state index contributed by atoms with van der Waals surface area (Å²) in [5.74, 6) is 12.3. The van der Waals surface area contributed by atoms with E-state index in [1.807, 2.05) is 24.3 Å². The zero-order chi connectivity index (χ0) is 13.3. The second-order valence-electron chi connectivity index (χ2n) is 4.27. The molecule has 0 heterocycles. The van der Waals surface area contributed by atoms with Crippen molar-refractivity contribution in [2.45, 2.75) is 65.2 Å². The van der Waals surface area contributed by atoms with Crippen molar-refractivity contribution in [3.63, 3.8) is 0 Å². The van der Waals surface area contributed by atoms with Crippen LogP contribution in [-0.2, 0) is 0 Å². The fourth-order valence-corrected chi connectivity index (χ4v) is 1.40. The van der Waals surface area contributed by atoms with Gasteiger partial charge in [-0.3, -0.25) is 0 Å². The van der Waals surface area contributed by atoms with Gasteiger partial charge in [-0.1, -0.05) is 75.4 Å². The molecule has 0 unspecified atom stereocenters. The van der Waals surface area contributed by atoms with Gasteiger partial charge >= 0.3 is 0 Å². The number of rotatable bonds is 7. The van der Waals surface area contributed by atoms with Gasteiger partial charge in [0, 0.05) is 12.8 Å². The largest absolute Gasteiger partial charge is 0.0985 e. The van der Waals surface area contributed by atoms with E-state index in [4.69, 9.17) is 0 Å². The Bertz CT molecular complexity index is 300. The van der Waals surface area contributed by atoms with Crippen molar-refractivity contribution < 1.29 is 0 Å². The highest BCUT2D eigenvalue weighted by Gasteiger charge is 1.79. The first-order chi connectivity index (χ1) is 8.91. The van der Waals surface area contributed by atoms with Crippen LogP contribution < -0.4 is 0 Å². The van der Waals surface area contributed by atoms with Gasteiger partial charge in [-0.05, 0) is 25.0 Å². The molecule has 0 rings (SSSR count). The van der Waals surface area contributed by atoms with E-state index in [-0.39, 0.29) is 0 Å². The van der Waals surface area contributed by atoms with Gasteiger partial charge in [-0.2, -0.15) is 0 Å². The Morgan fingerprint density at radius 3 is 1.50 bits per heavy atom. The lowest BCUT2D eigenvalue weighted by Crippen LogP contribution is -1.70. The second kappa shape index (κ2) is 15.6. The molecular weight excluding hydrogens is 216 g/mol. The Balaban J connectivity index is 3.55. The standard InChI is InChI=1S/C18H26/c1-3-5-7-9-11-13-15-17-18-16-14-12-10-8-6-4-2/h15-18H,3-10H2,1-2H3. The monoisotopic (exact) mass is 242 g/mol. The summed E-state index contributed by atoms with van der Waals surface area (Å²) in [6.45, 7) is 4.42. The van der Waals surface area contributed by atoms with E-state index >= 15 is 0 Å². The van der Waals surface area contributed by atoms with Gasteiger partial charge in [-0.25, -0.2) is 0 Å². The van der Waals surface area contributed by atoms with Crippen molar-refractivity contribution in [2.75, 3.05) is 0 Å². The topological polar surface area (TPSA) is 0 Å². The summed E-state index contributed by atoms with van der Waals surface area (Å²) in [5.41, 5.74) is 0. The second-order valence-corrected chi connectivity index (χ2v) is 4.27. The van der Waals surface area contributed by atoms with Gasteiger partial charge in [0.05, 0.1) is 0 Å². The zero-order valence-corrected chi connectivity index (χ0v) is 12.0. The zero-order valence-electron chi connectivity index (χ0n) is 12.0. The van der Waals surface area contributed by atoms with E-state index in [1.165, 1.54) is 38.5 Å². The lowest BCUT2D eigenvalue weighted by molar-refractivity contribution is 0.737. The number of hydrogen-bond donors (Lipinski definition) is 0. The van der Waals surface area contributed by atoms with Crippen molar-refractivity contribution in [1.82, 2.24) is 0 Å². The minimum absolute atomic E-state index is 1.01. The fraction of sp³-hybridized carbons (Fsp3) is 0.556. The molecule has 0 saturated heterocycles. The molecule has 18 heavy (non-hydrogen) atoms. The van der Waals surface area contributed by atoms with Crippen LogP contribution in [0.4, 0.5) is 0 Å². The van der Waals surface area contributed by atoms with Crippen LogP contribution in [0.5, 0.6) is 0 Å². The highest BCUT2D eigenvalue weighted by molar-refractivity contribution is 5.24. The van der Waals surface area contributed by atoms with Gasteiger partial charge in [-0.15, -0.1) is 0 Å². The molecule has 0 fully saturated rings. The number of allylic oxidation sites excluding steroid dienone is 4. The van der Waals surface area contributed by atoms with Gasteiger partial charge in [0.25, 0.3) is 0 Å². The van der Waals surface area contributed by atoms with Gasteiger partial charge in [0.1, 0.15) is 0 Å². The quantitative estimate of drug-likeness (QED) is 0.324. The minimum Gasteiger partial charge on any atom is -0.0985 e. The summed E-state index contributed by atoms with van der Waals surface area (Å²) in [7, 11) is 0. The molecule has 0 aromatic heterocycles. The fourth-order valence-electron chi connectivity index (χ4n) is 1.40. The van der Waals surface area contributed by atoms with Crippen LogP contribution in [0.2, 0.25) is 0 Å². The lowest BCUT2D eigenvalue weighted by Gasteiger charge is -1.87. The average molecular weight is 242 g/mol. The first-order valence-electron chi connectivity index (χ1n) is 7.20. The van der Waals surface area contributed by atoms with Crippen molar-refractivity contribution in [3.05, 3.63) is 24.3 Å². The van der Waals surface area contributed by atoms with Crippen LogP contribution in [0.3, 0.4) is 0 Å². The maximum atomic E-state index is 3.14. The van der Waals surface area contributed by atoms with Crippen molar-refractivity contribution >= 4 is 0 Å². The third kappa shape index (κ3) is 14.6. The first-order valence-corrected chi connectivity index (χ1v) is 7.20. The van der Waals surface area contributed by atoms with Crippen molar-refractivity contribution in [2.24, 2.45) is 0 Å². The van der Waals surface area contributed by atoms with E-state index in [2.05, 4.69) is 37.5 Å². The molecule has 0 radical (unpaired) electrons. The smallest absolute Gasteiger partial charge is 0.00922 e. The molecule has 0 aliphatic rings. The predicted molar refractivity (Wildman–Crippen MR) is 82.1 cm³/mol. The van der Waals surface area contributed by atoms with E-state index in [0.717, 1.165) is 12.8 Å². The molecule has 0 heteroatoms. The summed E-state index contributed by atoms with van der Waals surface area (Å²) < 4.78 is 0. The Morgan fingerprint density at radius 2 is 1.11 bits per heavy atom. The molecule has 0 spiro atoms. The Labute approximate surface area is 114 Å². The Kier molecular flexibility index (Phi) is 14.4. The summed E-state index contributed by atoms with van der Waals surface area (Å²) in [5, 5.41) is 0. The summed E-state index contributed by atoms with van der Waals surface area (Å²) in [6, 6.07) is 0. The molecule has 0 amide bonds. The molecule has 0 aromatic carbocycles. The average Bonchev–Trinajstić information content (AvgIpc) is 2.39. The van der Waals surface area contributed by atoms with Crippen LogP contribution in [-0.4, -0.2) is 0 Å². The third-order valence-corrected chi connectivity index (χ3v) is 2.49. The van der Waals surface area contributed by atoms with Crippen molar-refractivity contribution in [3.8, 4) is 23.7 Å². The van der Waals surface area contributed by atoms with E-state index < -0.39 is 0 Å². The molecular formula is C18H26. The van der Waals surface area contributed by atoms with Gasteiger partial charge in [0.2, 0.25) is 0 Å². The number of unbranched alkanes of at least 4 members (excludes halogenated alkanes) is 6. The van der Waals surface area contributed by atoms with Crippen LogP contribution in [0.25, 0.3) is 0 Å². The van der Waals surface area contributed by atoms with Crippen LogP contribution in [0.15, 0.2) is 24.3 Å². The summed E-state index contributed by atoms with van der Waals surface area (Å²) in [4.78, 5) is 0. The van der Waals surface area contributed by atoms with Crippen LogP contribution in [0.1, 0.15) is 65.2 Å². The summed E-state index contributed by atoms with van der Waals surface area (Å²) >= 11 is 0. The normalized spacial score (nSPS) is 10.1. The maximum Gasteiger partial charge on any atom is 0.00922 e. The van der Waals surface area contributed by atoms with E-state index in [0.29, 0.717) is 0 Å². The molecule has 0 N–H and O–H groups in total. The Morgan fingerprint density at radius 1 is 0.667 bits per heavy atom. The predicted octanol–water partition coefficient (Wildman–Crippen LogP) is 5.27. The molecule has 0 aromatic rings. The first kappa shape index (κ1) is 16.6. The van der Waals surface area contributed by atoms with Crippen LogP contribution in [0, 0.1) is 23.7 Å². The summed E-state index contributed by atoms with van der Waals surface area (Å²) in [6.07, 6.45) is 17.2. The molecule has 0 aliphatic heterocycles. The van der Waals surface area contributed by atoms with Crippen molar-refractivity contribution in [1.29, 1.82) is 0 Å². The molecule has 0 nitrogen and oxygen atoms in total. The molecule has 0 atom stereocenters. The van der Waals surface area contributed by atoms with Gasteiger partial charge in [0.15, 0.2) is 0 Å². The molecule has 98 valence electrons.